The van der Waals surface area contributed by atoms with Crippen LogP contribution in [0.5, 0.6) is 0 Å². The van der Waals surface area contributed by atoms with Crippen molar-refractivity contribution in [1.82, 2.24) is 9.38 Å². The fraction of sp³-hybridized carbons (Fsp3) is 0.188. The van der Waals surface area contributed by atoms with Gasteiger partial charge in [-0.25, -0.2) is 4.98 Å². The predicted molar refractivity (Wildman–Crippen MR) is 84.0 cm³/mol. The first-order valence-corrected chi connectivity index (χ1v) is 7.70. The van der Waals surface area contributed by atoms with Crippen molar-refractivity contribution in [1.29, 1.82) is 0 Å². The molecular weight excluding hydrogens is 266 g/mol. The van der Waals surface area contributed by atoms with E-state index >= 15 is 0 Å². The van der Waals surface area contributed by atoms with E-state index in [4.69, 9.17) is 10.7 Å². The van der Waals surface area contributed by atoms with E-state index in [2.05, 4.69) is 34.9 Å². The Morgan fingerprint density at radius 2 is 1.85 bits per heavy atom. The summed E-state index contributed by atoms with van der Waals surface area (Å²) < 4.78 is 2.14. The normalized spacial score (nSPS) is 11.1. The molecule has 3 rings (SSSR count). The lowest BCUT2D eigenvalue weighted by molar-refractivity contribution is 0.876. The minimum absolute atomic E-state index is 0.640. The van der Waals surface area contributed by atoms with Gasteiger partial charge in [-0.15, -0.1) is 0 Å². The summed E-state index contributed by atoms with van der Waals surface area (Å²) in [6.07, 6.45) is 2.90. The molecule has 0 radical (unpaired) electrons. The molecule has 0 bridgehead atoms. The Balaban J connectivity index is 1.88. The van der Waals surface area contributed by atoms with Crippen LogP contribution in [0, 0.1) is 0 Å². The molecule has 3 nitrogen and oxygen atoms in total. The number of thioether (sulfide) groups is 1. The fourth-order valence-corrected chi connectivity index (χ4v) is 3.25. The lowest BCUT2D eigenvalue weighted by Gasteiger charge is -2.03. The molecule has 102 valence electrons. The first-order chi connectivity index (χ1) is 9.88. The first-order valence-electron chi connectivity index (χ1n) is 6.71. The molecule has 0 aliphatic carbocycles. The van der Waals surface area contributed by atoms with E-state index in [0.29, 0.717) is 6.54 Å². The highest BCUT2D eigenvalue weighted by atomic mass is 32.2. The summed E-state index contributed by atoms with van der Waals surface area (Å²) in [4.78, 5) is 4.72. The lowest BCUT2D eigenvalue weighted by atomic mass is 10.2. The third-order valence-electron chi connectivity index (χ3n) is 3.19. The largest absolute Gasteiger partial charge is 0.330 e. The van der Waals surface area contributed by atoms with Crippen LogP contribution in [0.4, 0.5) is 0 Å². The van der Waals surface area contributed by atoms with E-state index < -0.39 is 0 Å². The average Bonchev–Trinajstić information content (AvgIpc) is 2.85. The number of aromatic nitrogens is 2. The van der Waals surface area contributed by atoms with Gasteiger partial charge in [0.15, 0.2) is 0 Å². The zero-order chi connectivity index (χ0) is 13.8. The van der Waals surface area contributed by atoms with Crippen LogP contribution in [0.15, 0.2) is 59.8 Å². The smallest absolute Gasteiger partial charge is 0.138 e. The Kier molecular flexibility index (Phi) is 4.04. The van der Waals surface area contributed by atoms with Gasteiger partial charge in [0.25, 0.3) is 0 Å². The van der Waals surface area contributed by atoms with Crippen LogP contribution in [-0.2, 0) is 12.2 Å². The Labute approximate surface area is 122 Å². The van der Waals surface area contributed by atoms with Crippen molar-refractivity contribution in [2.24, 2.45) is 5.73 Å². The number of benzene rings is 1. The standard InChI is InChI=1S/C16H17N3S/c17-10-9-14-16(18-15-8-4-5-11-19(14)15)20-12-13-6-2-1-3-7-13/h1-8,11H,9-10,12,17H2. The van der Waals surface area contributed by atoms with Crippen LogP contribution in [0.25, 0.3) is 5.65 Å². The SMILES string of the molecule is NCCc1c(SCc2ccccc2)nc2ccccn12. The summed E-state index contributed by atoms with van der Waals surface area (Å²) in [6, 6.07) is 16.5. The minimum Gasteiger partial charge on any atom is -0.330 e. The molecule has 0 spiro atoms. The van der Waals surface area contributed by atoms with Gasteiger partial charge in [0, 0.05) is 18.4 Å². The van der Waals surface area contributed by atoms with Crippen LogP contribution in [-0.4, -0.2) is 15.9 Å². The average molecular weight is 283 g/mol. The highest BCUT2D eigenvalue weighted by molar-refractivity contribution is 7.98. The maximum Gasteiger partial charge on any atom is 0.138 e. The molecule has 1 aromatic carbocycles. The van der Waals surface area contributed by atoms with E-state index in [1.807, 2.05) is 24.3 Å². The van der Waals surface area contributed by atoms with E-state index in [9.17, 15) is 0 Å². The topological polar surface area (TPSA) is 43.3 Å². The molecular formula is C16H17N3S. The third kappa shape index (κ3) is 2.71. The Morgan fingerprint density at radius 3 is 2.65 bits per heavy atom. The van der Waals surface area contributed by atoms with Crippen LogP contribution >= 0.6 is 11.8 Å². The number of hydrogen-bond donors (Lipinski definition) is 1. The second kappa shape index (κ2) is 6.11. The number of hydrogen-bond acceptors (Lipinski definition) is 3. The fourth-order valence-electron chi connectivity index (χ4n) is 2.23. The van der Waals surface area contributed by atoms with E-state index in [1.165, 1.54) is 11.3 Å². The van der Waals surface area contributed by atoms with Gasteiger partial charge in [0.1, 0.15) is 10.7 Å². The van der Waals surface area contributed by atoms with Crippen molar-refractivity contribution in [2.75, 3.05) is 6.54 Å². The summed E-state index contributed by atoms with van der Waals surface area (Å²) in [6.45, 7) is 0.640. The molecule has 2 N–H and O–H groups in total. The molecule has 0 amide bonds. The highest BCUT2D eigenvalue weighted by Gasteiger charge is 2.11. The van der Waals surface area contributed by atoms with Gasteiger partial charge >= 0.3 is 0 Å². The molecule has 0 fully saturated rings. The quantitative estimate of drug-likeness (QED) is 0.732. The van der Waals surface area contributed by atoms with Gasteiger partial charge in [-0.05, 0) is 24.2 Å². The first kappa shape index (κ1) is 13.2. The molecule has 3 aromatic rings. The zero-order valence-corrected chi connectivity index (χ0v) is 12.0. The Hall–Kier alpha value is -1.78. The molecule has 2 heterocycles. The van der Waals surface area contributed by atoms with Crippen molar-refractivity contribution in [3.05, 3.63) is 66.0 Å². The maximum atomic E-state index is 5.74. The molecule has 0 atom stereocenters. The number of pyridine rings is 1. The zero-order valence-electron chi connectivity index (χ0n) is 11.2. The molecule has 0 aliphatic rings. The van der Waals surface area contributed by atoms with Gasteiger partial charge < -0.3 is 10.1 Å². The monoisotopic (exact) mass is 283 g/mol. The van der Waals surface area contributed by atoms with Crippen molar-refractivity contribution in [3.8, 4) is 0 Å². The van der Waals surface area contributed by atoms with Crippen molar-refractivity contribution >= 4 is 17.4 Å². The summed E-state index contributed by atoms with van der Waals surface area (Å²) in [5, 5.41) is 1.09. The molecule has 0 aliphatic heterocycles. The second-order valence-corrected chi connectivity index (χ2v) is 5.57. The van der Waals surface area contributed by atoms with E-state index in [-0.39, 0.29) is 0 Å². The van der Waals surface area contributed by atoms with Crippen molar-refractivity contribution < 1.29 is 0 Å². The van der Waals surface area contributed by atoms with Crippen LogP contribution < -0.4 is 5.73 Å². The minimum atomic E-state index is 0.640. The van der Waals surface area contributed by atoms with Crippen LogP contribution in [0.1, 0.15) is 11.3 Å². The van der Waals surface area contributed by atoms with Gasteiger partial charge in [0.2, 0.25) is 0 Å². The number of nitrogens with two attached hydrogens (primary N) is 1. The lowest BCUT2D eigenvalue weighted by Crippen LogP contribution is -2.05. The number of fused-ring (bicyclic) bond motifs is 1. The molecule has 0 unspecified atom stereocenters. The van der Waals surface area contributed by atoms with Gasteiger partial charge in [0.05, 0.1) is 5.69 Å². The summed E-state index contributed by atoms with van der Waals surface area (Å²) >= 11 is 1.78. The molecule has 20 heavy (non-hydrogen) atoms. The van der Waals surface area contributed by atoms with E-state index in [1.54, 1.807) is 11.8 Å². The van der Waals surface area contributed by atoms with Gasteiger partial charge in [-0.1, -0.05) is 48.2 Å². The second-order valence-electron chi connectivity index (χ2n) is 4.61. The summed E-state index contributed by atoms with van der Waals surface area (Å²) in [5.41, 5.74) is 9.25. The predicted octanol–water partition coefficient (Wildman–Crippen LogP) is 3.13. The van der Waals surface area contributed by atoms with Crippen LogP contribution in [0.2, 0.25) is 0 Å². The molecule has 4 heteroatoms. The molecule has 0 saturated heterocycles. The number of imidazole rings is 1. The van der Waals surface area contributed by atoms with Crippen LogP contribution in [0.3, 0.4) is 0 Å². The van der Waals surface area contributed by atoms with Crippen molar-refractivity contribution in [2.45, 2.75) is 17.2 Å². The Bertz CT molecular complexity index is 691. The van der Waals surface area contributed by atoms with Gasteiger partial charge in [-0.3, -0.25) is 0 Å². The third-order valence-corrected chi connectivity index (χ3v) is 4.27. The molecule has 0 saturated carbocycles. The van der Waals surface area contributed by atoms with E-state index in [0.717, 1.165) is 22.8 Å². The maximum absolute atomic E-state index is 5.74. The highest BCUT2D eigenvalue weighted by Crippen LogP contribution is 2.26. The van der Waals surface area contributed by atoms with Crippen molar-refractivity contribution in [3.63, 3.8) is 0 Å². The van der Waals surface area contributed by atoms with Gasteiger partial charge in [-0.2, -0.15) is 0 Å². The number of rotatable bonds is 5. The summed E-state index contributed by atoms with van der Waals surface area (Å²) in [5.74, 6) is 0.933. The Morgan fingerprint density at radius 1 is 1.05 bits per heavy atom. The molecule has 2 aromatic heterocycles. The number of nitrogens with zero attached hydrogens (tertiary/aromatic N) is 2. The summed E-state index contributed by atoms with van der Waals surface area (Å²) in [7, 11) is 0.